The number of esters is 1. The Hall–Kier alpha value is -4.20. The number of hydrazone groups is 1. The van der Waals surface area contributed by atoms with Crippen molar-refractivity contribution >= 4 is 18.1 Å². The molecule has 0 unspecified atom stereocenters. The summed E-state index contributed by atoms with van der Waals surface area (Å²) >= 11 is 0. The Balaban J connectivity index is 1.66. The normalized spacial score (nSPS) is 10.6. The first-order valence-corrected chi connectivity index (χ1v) is 8.74. The van der Waals surface area contributed by atoms with E-state index in [1.54, 1.807) is 12.1 Å². The number of amides is 1. The molecule has 1 amide bonds. The molecule has 0 bridgehead atoms. The van der Waals surface area contributed by atoms with Crippen molar-refractivity contribution in [2.75, 3.05) is 7.11 Å². The molecule has 0 atom stereocenters. The van der Waals surface area contributed by atoms with Gasteiger partial charge < -0.3 is 14.6 Å². The summed E-state index contributed by atoms with van der Waals surface area (Å²) in [6.45, 7) is 0. The van der Waals surface area contributed by atoms with Gasteiger partial charge in [-0.3, -0.25) is 4.79 Å². The van der Waals surface area contributed by atoms with Crippen LogP contribution >= 0.6 is 0 Å². The number of phenols is 1. The van der Waals surface area contributed by atoms with Crippen molar-refractivity contribution in [3.63, 3.8) is 0 Å². The maximum Gasteiger partial charge on any atom is 0.343 e. The summed E-state index contributed by atoms with van der Waals surface area (Å²) < 4.78 is 23.5. The Morgan fingerprint density at radius 2 is 1.63 bits per heavy atom. The third kappa shape index (κ3) is 5.20. The van der Waals surface area contributed by atoms with Crippen molar-refractivity contribution in [1.29, 1.82) is 0 Å². The van der Waals surface area contributed by atoms with Gasteiger partial charge in [-0.05, 0) is 72.3 Å². The van der Waals surface area contributed by atoms with Crippen molar-refractivity contribution < 1.29 is 28.6 Å². The molecular formula is C22H17FN2O5. The van der Waals surface area contributed by atoms with Crippen molar-refractivity contribution in [3.8, 4) is 17.2 Å². The van der Waals surface area contributed by atoms with Gasteiger partial charge in [-0.2, -0.15) is 5.10 Å². The Morgan fingerprint density at radius 1 is 0.967 bits per heavy atom. The highest BCUT2D eigenvalue weighted by molar-refractivity contribution is 5.95. The van der Waals surface area contributed by atoms with Crippen LogP contribution in [-0.2, 0) is 0 Å². The molecule has 0 aliphatic heterocycles. The zero-order valence-corrected chi connectivity index (χ0v) is 15.8. The van der Waals surface area contributed by atoms with Crippen LogP contribution in [0.1, 0.15) is 26.3 Å². The van der Waals surface area contributed by atoms with Crippen molar-refractivity contribution in [2.24, 2.45) is 5.10 Å². The lowest BCUT2D eigenvalue weighted by atomic mass is 10.2. The van der Waals surface area contributed by atoms with Gasteiger partial charge in [0.15, 0.2) is 11.5 Å². The molecule has 30 heavy (non-hydrogen) atoms. The number of nitrogens with one attached hydrogen (secondary N) is 1. The third-order valence-corrected chi connectivity index (χ3v) is 3.98. The van der Waals surface area contributed by atoms with Gasteiger partial charge in [0.05, 0.1) is 18.9 Å². The molecule has 3 rings (SSSR count). The highest BCUT2D eigenvalue weighted by Crippen LogP contribution is 2.28. The Kier molecular flexibility index (Phi) is 6.39. The second-order valence-corrected chi connectivity index (χ2v) is 6.05. The fraction of sp³-hybridized carbons (Fsp3) is 0.0455. The molecule has 0 saturated carbocycles. The zero-order chi connectivity index (χ0) is 21.5. The Bertz CT molecular complexity index is 1080. The molecule has 3 aromatic rings. The number of phenolic OH excluding ortho intramolecular Hbond substituents is 1. The Labute approximate surface area is 171 Å². The van der Waals surface area contributed by atoms with Gasteiger partial charge >= 0.3 is 5.97 Å². The van der Waals surface area contributed by atoms with Crippen LogP contribution in [0.4, 0.5) is 4.39 Å². The standard InChI is InChI=1S/C22H17FN2O5/c1-29-20-12-14(13-24-25-21(27)15-5-9-18(26)10-6-15)2-11-19(20)30-22(28)16-3-7-17(23)8-4-16/h2-13,26H,1H3,(H,25,27)/b24-13-. The number of hydrogen-bond acceptors (Lipinski definition) is 6. The first-order chi connectivity index (χ1) is 14.5. The SMILES string of the molecule is COc1cc(/C=N\NC(=O)c2ccc(O)cc2)ccc1OC(=O)c1ccc(F)cc1. The smallest absolute Gasteiger partial charge is 0.343 e. The number of hydrogen-bond donors (Lipinski definition) is 2. The lowest BCUT2D eigenvalue weighted by molar-refractivity contribution is 0.0729. The summed E-state index contributed by atoms with van der Waals surface area (Å²) in [4.78, 5) is 24.2. The number of carbonyl (C=O) groups excluding carboxylic acids is 2. The van der Waals surface area contributed by atoms with E-state index in [2.05, 4.69) is 10.5 Å². The fourth-order valence-corrected chi connectivity index (χ4v) is 2.44. The molecule has 7 nitrogen and oxygen atoms in total. The highest BCUT2D eigenvalue weighted by atomic mass is 19.1. The van der Waals surface area contributed by atoms with Crippen molar-refractivity contribution in [2.45, 2.75) is 0 Å². The largest absolute Gasteiger partial charge is 0.508 e. The van der Waals surface area contributed by atoms with Gasteiger partial charge in [0.25, 0.3) is 5.91 Å². The van der Waals surface area contributed by atoms with Crippen LogP contribution in [0.25, 0.3) is 0 Å². The number of methoxy groups -OCH3 is 1. The minimum absolute atomic E-state index is 0.0577. The zero-order valence-electron chi connectivity index (χ0n) is 15.8. The van der Waals surface area contributed by atoms with Gasteiger partial charge in [0.1, 0.15) is 11.6 Å². The molecule has 0 aliphatic carbocycles. The van der Waals surface area contributed by atoms with Crippen LogP contribution in [0.3, 0.4) is 0 Å². The first kappa shape index (κ1) is 20.5. The predicted molar refractivity (Wildman–Crippen MR) is 108 cm³/mol. The molecule has 0 saturated heterocycles. The molecule has 0 aromatic heterocycles. The van der Waals surface area contributed by atoms with Crippen LogP contribution in [0.15, 0.2) is 71.8 Å². The fourth-order valence-electron chi connectivity index (χ4n) is 2.44. The van der Waals surface area contributed by atoms with E-state index in [0.717, 1.165) is 0 Å². The lowest BCUT2D eigenvalue weighted by Crippen LogP contribution is -2.17. The van der Waals surface area contributed by atoms with E-state index in [0.29, 0.717) is 11.1 Å². The van der Waals surface area contributed by atoms with Gasteiger partial charge in [-0.1, -0.05) is 0 Å². The van der Waals surface area contributed by atoms with Crippen LogP contribution in [-0.4, -0.2) is 30.3 Å². The molecular weight excluding hydrogens is 391 g/mol. The molecule has 0 radical (unpaired) electrons. The summed E-state index contributed by atoms with van der Waals surface area (Å²) in [6.07, 6.45) is 1.40. The third-order valence-electron chi connectivity index (χ3n) is 3.98. The van der Waals surface area contributed by atoms with Crippen LogP contribution < -0.4 is 14.9 Å². The average Bonchev–Trinajstić information content (AvgIpc) is 2.75. The first-order valence-electron chi connectivity index (χ1n) is 8.74. The van der Waals surface area contributed by atoms with E-state index in [1.165, 1.54) is 67.9 Å². The predicted octanol–water partition coefficient (Wildman–Crippen LogP) is 3.52. The molecule has 0 spiro atoms. The van der Waals surface area contributed by atoms with E-state index < -0.39 is 17.7 Å². The average molecular weight is 408 g/mol. The second-order valence-electron chi connectivity index (χ2n) is 6.05. The van der Waals surface area contributed by atoms with Gasteiger partial charge in [0.2, 0.25) is 0 Å². The molecule has 0 aliphatic rings. The Morgan fingerprint density at radius 3 is 2.30 bits per heavy atom. The van der Waals surface area contributed by atoms with Crippen LogP contribution in [0.2, 0.25) is 0 Å². The summed E-state index contributed by atoms with van der Waals surface area (Å²) in [6, 6.07) is 15.4. The monoisotopic (exact) mass is 408 g/mol. The topological polar surface area (TPSA) is 97.2 Å². The molecule has 2 N–H and O–H groups in total. The van der Waals surface area contributed by atoms with E-state index in [9.17, 15) is 19.1 Å². The van der Waals surface area contributed by atoms with Crippen LogP contribution in [0.5, 0.6) is 17.2 Å². The van der Waals surface area contributed by atoms with Gasteiger partial charge in [0, 0.05) is 5.56 Å². The molecule has 152 valence electrons. The number of ether oxygens (including phenoxy) is 2. The number of nitrogens with zero attached hydrogens (tertiary/aromatic N) is 1. The summed E-state index contributed by atoms with van der Waals surface area (Å²) in [7, 11) is 1.41. The van der Waals surface area contributed by atoms with Crippen molar-refractivity contribution in [3.05, 3.63) is 89.2 Å². The minimum atomic E-state index is -0.657. The van der Waals surface area contributed by atoms with Gasteiger partial charge in [-0.15, -0.1) is 0 Å². The second kappa shape index (κ2) is 9.33. The van der Waals surface area contributed by atoms with E-state index in [-0.39, 0.29) is 22.8 Å². The number of halogens is 1. The van der Waals surface area contributed by atoms with E-state index in [4.69, 9.17) is 9.47 Å². The van der Waals surface area contributed by atoms with E-state index in [1.807, 2.05) is 0 Å². The van der Waals surface area contributed by atoms with Crippen LogP contribution in [0, 0.1) is 5.82 Å². The molecule has 3 aromatic carbocycles. The maximum absolute atomic E-state index is 13.0. The molecule has 0 fully saturated rings. The summed E-state index contributed by atoms with van der Waals surface area (Å²) in [5, 5.41) is 13.1. The molecule has 0 heterocycles. The number of aromatic hydroxyl groups is 1. The summed E-state index contributed by atoms with van der Waals surface area (Å²) in [5.74, 6) is -1.04. The minimum Gasteiger partial charge on any atom is -0.508 e. The lowest BCUT2D eigenvalue weighted by Gasteiger charge is -2.10. The number of carbonyl (C=O) groups is 2. The number of benzene rings is 3. The maximum atomic E-state index is 13.0. The van der Waals surface area contributed by atoms with E-state index >= 15 is 0 Å². The van der Waals surface area contributed by atoms with Crippen molar-refractivity contribution in [1.82, 2.24) is 5.43 Å². The highest BCUT2D eigenvalue weighted by Gasteiger charge is 2.13. The number of rotatable bonds is 6. The quantitative estimate of drug-likeness (QED) is 0.282. The molecule has 8 heteroatoms. The summed E-state index contributed by atoms with van der Waals surface area (Å²) in [5.41, 5.74) is 3.49. The van der Waals surface area contributed by atoms with Gasteiger partial charge in [-0.25, -0.2) is 14.6 Å².